The highest BCUT2D eigenvalue weighted by atomic mass is 32.2. The summed E-state index contributed by atoms with van der Waals surface area (Å²) in [6.45, 7) is 2.57. The molecule has 2 rings (SSSR count). The number of nitrogens with two attached hydrogens (primary N) is 1. The van der Waals surface area contributed by atoms with Gasteiger partial charge in [0.25, 0.3) is 0 Å². The highest BCUT2D eigenvalue weighted by molar-refractivity contribution is 7.99. The van der Waals surface area contributed by atoms with Crippen LogP contribution in [0.1, 0.15) is 0 Å². The summed E-state index contributed by atoms with van der Waals surface area (Å²) in [5, 5.41) is 0.751. The van der Waals surface area contributed by atoms with Crippen LogP contribution in [0, 0.1) is 0 Å². The third-order valence-corrected chi connectivity index (χ3v) is 4.24. The van der Waals surface area contributed by atoms with E-state index in [2.05, 4.69) is 14.9 Å². The number of hydrogen-bond donors (Lipinski definition) is 1. The molecule has 0 saturated heterocycles. The summed E-state index contributed by atoms with van der Waals surface area (Å²) in [6, 6.07) is 10.0. The number of nitrogen functional groups attached to an aromatic ring is 1. The summed E-state index contributed by atoms with van der Waals surface area (Å²) in [5.41, 5.74) is 6.88. The van der Waals surface area contributed by atoms with Gasteiger partial charge < -0.3 is 20.1 Å². The number of ether oxygens (including phenoxy) is 2. The number of aromatic nitrogens is 2. The van der Waals surface area contributed by atoms with Gasteiger partial charge in [-0.3, -0.25) is 0 Å². The summed E-state index contributed by atoms with van der Waals surface area (Å²) in [6.07, 6.45) is 1.55. The molecule has 0 atom stereocenters. The standard InChI is InChI=1S/C16H22N4O2S/c1-21-10-8-20(9-11-22-2)15-14(17)16(19-12-18-15)23-13-6-4-3-5-7-13/h3-7,12H,8-11,17H2,1-2H3. The topological polar surface area (TPSA) is 73.5 Å². The lowest BCUT2D eigenvalue weighted by Gasteiger charge is -2.24. The van der Waals surface area contributed by atoms with Crippen LogP contribution in [0.15, 0.2) is 46.6 Å². The molecule has 1 aromatic heterocycles. The maximum absolute atomic E-state index is 6.31. The molecule has 0 amide bonds. The van der Waals surface area contributed by atoms with Gasteiger partial charge in [0.05, 0.1) is 13.2 Å². The van der Waals surface area contributed by atoms with Crippen molar-refractivity contribution in [2.45, 2.75) is 9.92 Å². The molecule has 124 valence electrons. The first-order valence-corrected chi connectivity index (χ1v) is 8.14. The summed E-state index contributed by atoms with van der Waals surface area (Å²) in [4.78, 5) is 11.8. The quantitative estimate of drug-likeness (QED) is 0.705. The Kier molecular flexibility index (Phi) is 7.12. The Balaban J connectivity index is 2.21. The molecule has 0 unspecified atom stereocenters. The van der Waals surface area contributed by atoms with Gasteiger partial charge in [0.1, 0.15) is 17.0 Å². The van der Waals surface area contributed by atoms with E-state index in [1.165, 1.54) is 11.8 Å². The molecule has 2 N–H and O–H groups in total. The van der Waals surface area contributed by atoms with Crippen LogP contribution in [-0.2, 0) is 9.47 Å². The van der Waals surface area contributed by atoms with Crippen LogP contribution < -0.4 is 10.6 Å². The molecule has 0 aliphatic heterocycles. The predicted octanol–water partition coefficient (Wildman–Crippen LogP) is 2.31. The Morgan fingerprint density at radius 1 is 1.04 bits per heavy atom. The molecule has 0 aliphatic rings. The van der Waals surface area contributed by atoms with E-state index in [4.69, 9.17) is 15.2 Å². The lowest BCUT2D eigenvalue weighted by Crippen LogP contribution is -2.32. The van der Waals surface area contributed by atoms with Crippen LogP contribution in [0.4, 0.5) is 11.5 Å². The van der Waals surface area contributed by atoms with E-state index in [0.29, 0.717) is 37.8 Å². The molecule has 6 nitrogen and oxygen atoms in total. The Morgan fingerprint density at radius 2 is 1.70 bits per heavy atom. The van der Waals surface area contributed by atoms with Crippen LogP contribution >= 0.6 is 11.8 Å². The zero-order valence-electron chi connectivity index (χ0n) is 13.4. The maximum Gasteiger partial charge on any atom is 0.156 e. The summed E-state index contributed by atoms with van der Waals surface area (Å²) in [7, 11) is 3.35. The van der Waals surface area contributed by atoms with Crippen molar-refractivity contribution in [1.29, 1.82) is 0 Å². The van der Waals surface area contributed by atoms with Crippen molar-refractivity contribution in [2.75, 3.05) is 51.2 Å². The second-order valence-electron chi connectivity index (χ2n) is 4.80. The zero-order valence-corrected chi connectivity index (χ0v) is 14.3. The predicted molar refractivity (Wildman–Crippen MR) is 93.0 cm³/mol. The average molecular weight is 334 g/mol. The molecule has 7 heteroatoms. The van der Waals surface area contributed by atoms with Crippen LogP contribution in [-0.4, -0.2) is 50.5 Å². The van der Waals surface area contributed by atoms with Gasteiger partial charge in [-0.05, 0) is 12.1 Å². The first kappa shape index (κ1) is 17.5. The van der Waals surface area contributed by atoms with Crippen molar-refractivity contribution in [1.82, 2.24) is 9.97 Å². The Labute approximate surface area is 141 Å². The molecular weight excluding hydrogens is 312 g/mol. The number of nitrogens with zero attached hydrogens (tertiary/aromatic N) is 3. The molecule has 0 fully saturated rings. The summed E-state index contributed by atoms with van der Waals surface area (Å²) < 4.78 is 10.3. The van der Waals surface area contributed by atoms with E-state index < -0.39 is 0 Å². The minimum Gasteiger partial charge on any atom is -0.394 e. The van der Waals surface area contributed by atoms with E-state index >= 15 is 0 Å². The number of hydrogen-bond acceptors (Lipinski definition) is 7. The van der Waals surface area contributed by atoms with Gasteiger partial charge in [0, 0.05) is 32.2 Å². The van der Waals surface area contributed by atoms with Gasteiger partial charge in [0.15, 0.2) is 5.82 Å². The minimum absolute atomic E-state index is 0.577. The molecule has 1 heterocycles. The number of rotatable bonds is 9. The van der Waals surface area contributed by atoms with Crippen molar-refractivity contribution in [3.8, 4) is 0 Å². The van der Waals surface area contributed by atoms with Crippen LogP contribution in [0.5, 0.6) is 0 Å². The molecule has 0 bridgehead atoms. The third-order valence-electron chi connectivity index (χ3n) is 3.21. The van der Waals surface area contributed by atoms with Gasteiger partial charge in [-0.1, -0.05) is 30.0 Å². The highest BCUT2D eigenvalue weighted by Crippen LogP contribution is 2.34. The maximum atomic E-state index is 6.31. The van der Waals surface area contributed by atoms with E-state index in [1.807, 2.05) is 30.3 Å². The van der Waals surface area contributed by atoms with Crippen LogP contribution in [0.25, 0.3) is 0 Å². The van der Waals surface area contributed by atoms with Gasteiger partial charge in [-0.15, -0.1) is 0 Å². The van der Waals surface area contributed by atoms with E-state index in [-0.39, 0.29) is 0 Å². The van der Waals surface area contributed by atoms with E-state index in [9.17, 15) is 0 Å². The molecule has 0 saturated carbocycles. The van der Waals surface area contributed by atoms with Gasteiger partial charge >= 0.3 is 0 Å². The average Bonchev–Trinajstić information content (AvgIpc) is 2.58. The van der Waals surface area contributed by atoms with Gasteiger partial charge in [-0.2, -0.15) is 0 Å². The lowest BCUT2D eigenvalue weighted by molar-refractivity contribution is 0.190. The number of methoxy groups -OCH3 is 2. The monoisotopic (exact) mass is 334 g/mol. The number of benzene rings is 1. The fraction of sp³-hybridized carbons (Fsp3) is 0.375. The Morgan fingerprint density at radius 3 is 2.30 bits per heavy atom. The van der Waals surface area contributed by atoms with E-state index in [0.717, 1.165) is 9.92 Å². The molecule has 0 spiro atoms. The second-order valence-corrected chi connectivity index (χ2v) is 5.87. The van der Waals surface area contributed by atoms with Crippen molar-refractivity contribution >= 4 is 23.3 Å². The first-order valence-electron chi connectivity index (χ1n) is 7.32. The fourth-order valence-electron chi connectivity index (χ4n) is 2.03. The van der Waals surface area contributed by atoms with Crippen molar-refractivity contribution in [2.24, 2.45) is 0 Å². The Bertz CT molecular complexity index is 590. The largest absolute Gasteiger partial charge is 0.394 e. The normalized spacial score (nSPS) is 10.7. The van der Waals surface area contributed by atoms with Gasteiger partial charge in [-0.25, -0.2) is 9.97 Å². The molecule has 0 aliphatic carbocycles. The van der Waals surface area contributed by atoms with Crippen molar-refractivity contribution in [3.05, 3.63) is 36.7 Å². The molecule has 0 radical (unpaired) electrons. The first-order chi connectivity index (χ1) is 11.3. The van der Waals surface area contributed by atoms with Crippen LogP contribution in [0.2, 0.25) is 0 Å². The number of anilines is 2. The summed E-state index contributed by atoms with van der Waals surface area (Å²) >= 11 is 1.53. The SMILES string of the molecule is COCCN(CCOC)c1ncnc(Sc2ccccc2)c1N. The fourth-order valence-corrected chi connectivity index (χ4v) is 2.85. The summed E-state index contributed by atoms with van der Waals surface area (Å²) in [5.74, 6) is 0.715. The molecule has 2 aromatic rings. The highest BCUT2D eigenvalue weighted by Gasteiger charge is 2.15. The zero-order chi connectivity index (χ0) is 16.5. The third kappa shape index (κ3) is 5.09. The van der Waals surface area contributed by atoms with Crippen molar-refractivity contribution < 1.29 is 9.47 Å². The molecule has 1 aromatic carbocycles. The minimum atomic E-state index is 0.577. The smallest absolute Gasteiger partial charge is 0.156 e. The lowest BCUT2D eigenvalue weighted by atomic mass is 10.4. The molecular formula is C16H22N4O2S. The van der Waals surface area contributed by atoms with Crippen LogP contribution in [0.3, 0.4) is 0 Å². The molecule has 23 heavy (non-hydrogen) atoms. The van der Waals surface area contributed by atoms with Gasteiger partial charge in [0.2, 0.25) is 0 Å². The van der Waals surface area contributed by atoms with Crippen molar-refractivity contribution in [3.63, 3.8) is 0 Å². The second kappa shape index (κ2) is 9.34. The Hall–Kier alpha value is -1.83. The van der Waals surface area contributed by atoms with E-state index in [1.54, 1.807) is 20.5 Å².